The zero-order valence-corrected chi connectivity index (χ0v) is 8.22. The van der Waals surface area contributed by atoms with Gasteiger partial charge >= 0.3 is 0 Å². The quantitative estimate of drug-likeness (QED) is 0.190. The maximum atomic E-state index is 10.7. The summed E-state index contributed by atoms with van der Waals surface area (Å²) >= 11 is 0. The molecule has 0 heterocycles. The Bertz CT molecular complexity index is 211. The number of nitrogens with two attached hydrogens (primary N) is 2. The number of hydrazine groups is 1. The second-order valence-corrected chi connectivity index (χ2v) is 3.37. The molecule has 0 bridgehead atoms. The third-order valence-corrected chi connectivity index (χ3v) is 1.43. The number of nitrogens with zero attached hydrogens (tertiary/aromatic N) is 1. The average Bonchev–Trinajstić information content (AvgIpc) is 1.97. The molecule has 0 aromatic carbocycles. The van der Waals surface area contributed by atoms with Crippen molar-refractivity contribution >= 4 is 11.9 Å². The molecule has 6 N–H and O–H groups in total. The van der Waals surface area contributed by atoms with E-state index in [1.165, 1.54) is 0 Å². The largest absolute Gasteiger partial charge is 0.370 e. The molecule has 0 spiro atoms. The van der Waals surface area contributed by atoms with Crippen LogP contribution in [0.3, 0.4) is 0 Å². The molecule has 0 aliphatic rings. The second-order valence-electron chi connectivity index (χ2n) is 3.37. The lowest BCUT2D eigenvalue weighted by Crippen LogP contribution is -2.52. The van der Waals surface area contributed by atoms with E-state index in [2.05, 4.69) is 15.7 Å². The lowest BCUT2D eigenvalue weighted by Gasteiger charge is -2.26. The van der Waals surface area contributed by atoms with E-state index in [1.807, 2.05) is 13.8 Å². The van der Waals surface area contributed by atoms with Crippen LogP contribution < -0.4 is 22.3 Å². The number of primary amides is 1. The molecule has 0 aliphatic heterocycles. The number of hydrogen-bond donors (Lipinski definition) is 4. The van der Waals surface area contributed by atoms with Gasteiger partial charge in [-0.25, -0.2) is 5.84 Å². The predicted molar refractivity (Wildman–Crippen MR) is 51.7 cm³/mol. The van der Waals surface area contributed by atoms with Gasteiger partial charge in [0.2, 0.25) is 11.9 Å². The first-order valence-electron chi connectivity index (χ1n) is 3.91. The Kier molecular flexibility index (Phi) is 4.19. The SMILES string of the molecule is CN=C(NN)NC(C)(C)CC(N)=O. The molecule has 76 valence electrons. The van der Waals surface area contributed by atoms with Crippen molar-refractivity contribution in [3.05, 3.63) is 0 Å². The van der Waals surface area contributed by atoms with Gasteiger partial charge in [-0.2, -0.15) is 0 Å². The monoisotopic (exact) mass is 187 g/mol. The van der Waals surface area contributed by atoms with Crippen molar-refractivity contribution < 1.29 is 4.79 Å². The summed E-state index contributed by atoms with van der Waals surface area (Å²) in [5, 5.41) is 2.94. The minimum Gasteiger partial charge on any atom is -0.370 e. The van der Waals surface area contributed by atoms with Crippen LogP contribution in [0.2, 0.25) is 0 Å². The summed E-state index contributed by atoms with van der Waals surface area (Å²) < 4.78 is 0. The van der Waals surface area contributed by atoms with Crippen molar-refractivity contribution in [3.63, 3.8) is 0 Å². The van der Waals surface area contributed by atoms with E-state index in [9.17, 15) is 4.79 Å². The zero-order valence-electron chi connectivity index (χ0n) is 8.22. The van der Waals surface area contributed by atoms with Gasteiger partial charge in [0, 0.05) is 19.0 Å². The molecule has 1 amide bonds. The molecule has 6 nitrogen and oxygen atoms in total. The standard InChI is InChI=1S/C7H17N5O/c1-7(2,4-5(8)13)11-6(10-3)12-9/h4,9H2,1-3H3,(H2,8,13)(H2,10,11,12). The minimum atomic E-state index is -0.451. The Labute approximate surface area is 77.7 Å². The van der Waals surface area contributed by atoms with Crippen LogP contribution in [0.25, 0.3) is 0 Å². The smallest absolute Gasteiger partial charge is 0.219 e. The highest BCUT2D eigenvalue weighted by Gasteiger charge is 2.21. The first-order valence-corrected chi connectivity index (χ1v) is 3.91. The van der Waals surface area contributed by atoms with Gasteiger partial charge in [0.15, 0.2) is 0 Å². The number of rotatable bonds is 3. The fourth-order valence-corrected chi connectivity index (χ4v) is 0.957. The third kappa shape index (κ3) is 5.02. The van der Waals surface area contributed by atoms with Gasteiger partial charge in [-0.15, -0.1) is 0 Å². The number of guanidine groups is 1. The number of nitrogens with one attached hydrogen (secondary N) is 2. The van der Waals surface area contributed by atoms with Crippen LogP contribution in [0.1, 0.15) is 20.3 Å². The Balaban J connectivity index is 4.23. The summed E-state index contributed by atoms with van der Waals surface area (Å²) in [7, 11) is 1.59. The first kappa shape index (κ1) is 11.7. The van der Waals surface area contributed by atoms with Crippen molar-refractivity contribution in [2.24, 2.45) is 16.6 Å². The highest BCUT2D eigenvalue weighted by atomic mass is 16.1. The first-order chi connectivity index (χ1) is 5.91. The molecule has 0 fully saturated rings. The molecule has 0 saturated carbocycles. The van der Waals surface area contributed by atoms with Crippen molar-refractivity contribution in [2.75, 3.05) is 7.05 Å². The molecule has 13 heavy (non-hydrogen) atoms. The summed E-state index contributed by atoms with van der Waals surface area (Å²) in [6.45, 7) is 3.67. The van der Waals surface area contributed by atoms with Gasteiger partial charge in [-0.05, 0) is 13.8 Å². The van der Waals surface area contributed by atoms with E-state index >= 15 is 0 Å². The van der Waals surface area contributed by atoms with Gasteiger partial charge in [-0.1, -0.05) is 0 Å². The number of hydrogen-bond acceptors (Lipinski definition) is 3. The van der Waals surface area contributed by atoms with Crippen LogP contribution in [0.5, 0.6) is 0 Å². The van der Waals surface area contributed by atoms with Gasteiger partial charge in [0.1, 0.15) is 0 Å². The van der Waals surface area contributed by atoms with Crippen LogP contribution in [-0.2, 0) is 4.79 Å². The third-order valence-electron chi connectivity index (χ3n) is 1.43. The molecule has 0 aromatic rings. The van der Waals surface area contributed by atoms with Gasteiger partial charge in [0.05, 0.1) is 0 Å². The molecule has 0 unspecified atom stereocenters. The molecule has 6 heteroatoms. The normalized spacial score (nSPS) is 12.5. The number of aliphatic imine (C=N–C) groups is 1. The van der Waals surface area contributed by atoms with Crippen molar-refractivity contribution in [1.29, 1.82) is 0 Å². The van der Waals surface area contributed by atoms with Crippen molar-refractivity contribution in [3.8, 4) is 0 Å². The summed E-state index contributed by atoms with van der Waals surface area (Å²) in [4.78, 5) is 14.5. The molecule has 0 aliphatic carbocycles. The van der Waals surface area contributed by atoms with Gasteiger partial charge in [-0.3, -0.25) is 15.2 Å². The highest BCUT2D eigenvalue weighted by Crippen LogP contribution is 2.06. The molecule has 0 saturated heterocycles. The predicted octanol–water partition coefficient (Wildman–Crippen LogP) is -1.32. The molecule has 0 radical (unpaired) electrons. The highest BCUT2D eigenvalue weighted by molar-refractivity contribution is 5.81. The summed E-state index contributed by atoms with van der Waals surface area (Å²) in [5.74, 6) is 5.21. The lowest BCUT2D eigenvalue weighted by molar-refractivity contribution is -0.119. The number of carbonyl (C=O) groups is 1. The van der Waals surface area contributed by atoms with Gasteiger partial charge in [0.25, 0.3) is 0 Å². The molecular weight excluding hydrogens is 170 g/mol. The van der Waals surface area contributed by atoms with Crippen LogP contribution in [0.4, 0.5) is 0 Å². The average molecular weight is 187 g/mol. The molecular formula is C7H17N5O. The lowest BCUT2D eigenvalue weighted by atomic mass is 10.0. The van der Waals surface area contributed by atoms with E-state index in [4.69, 9.17) is 11.6 Å². The van der Waals surface area contributed by atoms with E-state index in [0.717, 1.165) is 0 Å². The van der Waals surface area contributed by atoms with Crippen LogP contribution in [0, 0.1) is 0 Å². The maximum Gasteiger partial charge on any atom is 0.219 e. The van der Waals surface area contributed by atoms with E-state index < -0.39 is 5.54 Å². The number of carbonyl (C=O) groups excluding carboxylic acids is 1. The molecule has 0 atom stereocenters. The summed E-state index contributed by atoms with van der Waals surface area (Å²) in [6, 6.07) is 0. The van der Waals surface area contributed by atoms with Crippen molar-refractivity contribution in [2.45, 2.75) is 25.8 Å². The van der Waals surface area contributed by atoms with Crippen LogP contribution >= 0.6 is 0 Å². The van der Waals surface area contributed by atoms with Crippen LogP contribution in [-0.4, -0.2) is 24.5 Å². The Morgan fingerprint density at radius 1 is 1.54 bits per heavy atom. The Hall–Kier alpha value is -1.30. The maximum absolute atomic E-state index is 10.7. The fraction of sp³-hybridized carbons (Fsp3) is 0.714. The molecule has 0 rings (SSSR count). The van der Waals surface area contributed by atoms with E-state index in [1.54, 1.807) is 7.05 Å². The molecule has 0 aromatic heterocycles. The van der Waals surface area contributed by atoms with Crippen LogP contribution in [0.15, 0.2) is 4.99 Å². The number of amides is 1. The fourth-order valence-electron chi connectivity index (χ4n) is 0.957. The van der Waals surface area contributed by atoms with E-state index in [0.29, 0.717) is 5.96 Å². The minimum absolute atomic E-state index is 0.216. The summed E-state index contributed by atoms with van der Waals surface area (Å²) in [5.41, 5.74) is 6.98. The van der Waals surface area contributed by atoms with Crippen molar-refractivity contribution in [1.82, 2.24) is 10.7 Å². The summed E-state index contributed by atoms with van der Waals surface area (Å²) in [6.07, 6.45) is 0.216. The second kappa shape index (κ2) is 4.66. The Morgan fingerprint density at radius 3 is 2.38 bits per heavy atom. The topological polar surface area (TPSA) is 106 Å². The zero-order chi connectivity index (χ0) is 10.5. The van der Waals surface area contributed by atoms with E-state index in [-0.39, 0.29) is 12.3 Å². The van der Waals surface area contributed by atoms with Gasteiger partial charge < -0.3 is 11.1 Å². The Morgan fingerprint density at radius 2 is 2.08 bits per heavy atom.